The minimum absolute atomic E-state index is 0.0450. The second kappa shape index (κ2) is 23.4. The molecule has 0 unspecified atom stereocenters. The Bertz CT molecular complexity index is 1300. The molecule has 0 spiro atoms. The number of likely N-dealkylation sites (N-methyl/N-ethyl adjacent to an activating group) is 1. The lowest BCUT2D eigenvalue weighted by Gasteiger charge is -2.25. The molecule has 0 fully saturated rings. The van der Waals surface area contributed by atoms with Crippen molar-refractivity contribution in [1.29, 1.82) is 0 Å². The summed E-state index contributed by atoms with van der Waals surface area (Å²) < 4.78 is 0. The van der Waals surface area contributed by atoms with Crippen LogP contribution in [0.3, 0.4) is 0 Å². The fourth-order valence-corrected chi connectivity index (χ4v) is 4.54. The van der Waals surface area contributed by atoms with Gasteiger partial charge in [-0.3, -0.25) is 19.5 Å². The maximum absolute atomic E-state index is 12.7. The molecule has 0 atom stereocenters. The molecule has 254 valence electrons. The van der Waals surface area contributed by atoms with E-state index >= 15 is 0 Å². The zero-order valence-corrected chi connectivity index (χ0v) is 30.0. The van der Waals surface area contributed by atoms with Gasteiger partial charge in [-0.2, -0.15) is 0 Å². The Kier molecular flexibility index (Phi) is 21.4. The molecular formula is C37H57N5O4. The number of rotatable bonds is 11. The predicted octanol–water partition coefficient (Wildman–Crippen LogP) is 7.17. The number of nitrogens with one attached hydrogen (secondary N) is 1. The summed E-state index contributed by atoms with van der Waals surface area (Å²) in [6.45, 7) is 15.0. The van der Waals surface area contributed by atoms with Crippen LogP contribution in [0, 0.1) is 5.92 Å². The molecule has 9 heteroatoms. The largest absolute Gasteiger partial charge is 0.324 e. The van der Waals surface area contributed by atoms with Crippen molar-refractivity contribution in [2.75, 3.05) is 59.8 Å². The van der Waals surface area contributed by atoms with E-state index in [0.717, 1.165) is 34.4 Å². The van der Waals surface area contributed by atoms with E-state index in [0.29, 0.717) is 35.8 Å². The summed E-state index contributed by atoms with van der Waals surface area (Å²) in [5.74, 6) is 0.199. The van der Waals surface area contributed by atoms with Gasteiger partial charge in [0.1, 0.15) is 12.6 Å². The fraction of sp³-hybridized carbons (Fsp3) is 0.486. The molecule has 2 amide bonds. The number of urea groups is 1. The fourth-order valence-electron chi connectivity index (χ4n) is 4.54. The van der Waals surface area contributed by atoms with Gasteiger partial charge in [0.05, 0.1) is 17.9 Å². The average molecular weight is 636 g/mol. The molecule has 0 saturated heterocycles. The van der Waals surface area contributed by atoms with Crippen LogP contribution < -0.4 is 10.2 Å². The molecular weight excluding hydrogens is 578 g/mol. The highest BCUT2D eigenvalue weighted by molar-refractivity contribution is 6.01. The smallest absolute Gasteiger partial charge is 0.323 e. The zero-order chi connectivity index (χ0) is 35.2. The Morgan fingerprint density at radius 3 is 1.98 bits per heavy atom. The van der Waals surface area contributed by atoms with E-state index in [1.54, 1.807) is 19.2 Å². The van der Waals surface area contributed by atoms with E-state index in [2.05, 4.69) is 45.0 Å². The number of fused-ring (bicyclic) bond motifs is 1. The van der Waals surface area contributed by atoms with E-state index in [9.17, 15) is 19.2 Å². The second-order valence-electron chi connectivity index (χ2n) is 11.1. The first-order chi connectivity index (χ1) is 22.0. The molecule has 1 aliphatic heterocycles. The third-order valence-corrected chi connectivity index (χ3v) is 6.86. The van der Waals surface area contributed by atoms with Crippen LogP contribution in [0.5, 0.6) is 0 Å². The summed E-state index contributed by atoms with van der Waals surface area (Å²) in [6.07, 6.45) is 7.15. The van der Waals surface area contributed by atoms with Gasteiger partial charge < -0.3 is 19.9 Å². The van der Waals surface area contributed by atoms with Crippen molar-refractivity contribution in [3.63, 3.8) is 0 Å². The Morgan fingerprint density at radius 2 is 1.48 bits per heavy atom. The lowest BCUT2D eigenvalue weighted by atomic mass is 9.99. The number of nitrogens with zero attached hydrogens (tertiary/aromatic N) is 4. The number of amides is 2. The lowest BCUT2D eigenvalue weighted by molar-refractivity contribution is -0.108. The van der Waals surface area contributed by atoms with Gasteiger partial charge in [-0.1, -0.05) is 59.7 Å². The maximum Gasteiger partial charge on any atom is 0.324 e. The van der Waals surface area contributed by atoms with Gasteiger partial charge in [0.2, 0.25) is 0 Å². The van der Waals surface area contributed by atoms with Crippen molar-refractivity contribution in [3.05, 3.63) is 53.1 Å². The topological polar surface area (TPSA) is 102 Å². The molecule has 3 rings (SSSR count). The molecule has 9 nitrogen and oxygen atoms in total. The highest BCUT2D eigenvalue weighted by Gasteiger charge is 2.20. The van der Waals surface area contributed by atoms with Crippen molar-refractivity contribution in [1.82, 2.24) is 15.1 Å². The number of carbonyl (C=O) groups is 4. The van der Waals surface area contributed by atoms with E-state index in [-0.39, 0.29) is 12.5 Å². The summed E-state index contributed by atoms with van der Waals surface area (Å²) in [5, 5.41) is 2.75. The zero-order valence-electron chi connectivity index (χ0n) is 30.0. The molecule has 1 N–H and O–H groups in total. The van der Waals surface area contributed by atoms with E-state index in [1.807, 2.05) is 58.3 Å². The first-order valence-corrected chi connectivity index (χ1v) is 16.2. The Morgan fingerprint density at radius 1 is 0.913 bits per heavy atom. The van der Waals surface area contributed by atoms with Gasteiger partial charge >= 0.3 is 6.03 Å². The van der Waals surface area contributed by atoms with Crippen molar-refractivity contribution in [3.8, 4) is 11.1 Å². The van der Waals surface area contributed by atoms with Crippen LogP contribution >= 0.6 is 0 Å². The Labute approximate surface area is 277 Å². The summed E-state index contributed by atoms with van der Waals surface area (Å²) in [7, 11) is 9.01. The van der Waals surface area contributed by atoms with Crippen molar-refractivity contribution in [2.24, 2.45) is 10.9 Å². The number of allylic oxidation sites excluding steroid dienone is 1. The minimum atomic E-state index is -0.401. The van der Waals surface area contributed by atoms with Gasteiger partial charge in [0, 0.05) is 37.4 Å². The van der Waals surface area contributed by atoms with Gasteiger partial charge in [-0.15, -0.1) is 0 Å². The van der Waals surface area contributed by atoms with Gasteiger partial charge in [-0.25, -0.2) is 4.79 Å². The third-order valence-electron chi connectivity index (χ3n) is 6.86. The average Bonchev–Trinajstić information content (AvgIpc) is 3.25. The van der Waals surface area contributed by atoms with E-state index < -0.39 is 6.03 Å². The standard InChI is InChI=1S/C26H27N3O4.C7H17N.C2H7N.C2H6/c1-17(2)23-12-18(15-31)11-21-7-5-19(13-24(21)27-23)20-6-8-22(16-32)25(14-20)29(4)26(33)28(3)9-10-30;1-4-6-8(3)7-5-2;1-3-2;1-2/h5-8,10-11,13-17H,9,12H2,1-4H3;4-7H2,1-3H3;3H,1-2H3;1-2H3. The number of anilines is 1. The maximum atomic E-state index is 12.7. The van der Waals surface area contributed by atoms with Gasteiger partial charge in [0.25, 0.3) is 0 Å². The molecule has 0 bridgehead atoms. The highest BCUT2D eigenvalue weighted by atomic mass is 16.2. The lowest BCUT2D eigenvalue weighted by Crippen LogP contribution is -2.40. The predicted molar refractivity (Wildman–Crippen MR) is 195 cm³/mol. The van der Waals surface area contributed by atoms with E-state index in [1.165, 1.54) is 42.8 Å². The normalized spacial score (nSPS) is 11.5. The number of hydrogen-bond acceptors (Lipinski definition) is 7. The summed E-state index contributed by atoms with van der Waals surface area (Å²) >= 11 is 0. The molecule has 0 aromatic heterocycles. The van der Waals surface area contributed by atoms with Crippen molar-refractivity contribution >= 4 is 48.1 Å². The van der Waals surface area contributed by atoms with Crippen molar-refractivity contribution < 1.29 is 19.2 Å². The number of hydrogen-bond donors (Lipinski definition) is 1. The Balaban J connectivity index is 0.00000133. The number of benzene rings is 2. The van der Waals surface area contributed by atoms with Crippen LogP contribution in [-0.4, -0.2) is 95.3 Å². The van der Waals surface area contributed by atoms with Gasteiger partial charge in [0.15, 0.2) is 6.29 Å². The number of carbonyl (C=O) groups excluding carboxylic acids is 4. The summed E-state index contributed by atoms with van der Waals surface area (Å²) in [6, 6.07) is 10.6. The van der Waals surface area contributed by atoms with Crippen LogP contribution in [-0.2, 0) is 9.59 Å². The quantitative estimate of drug-likeness (QED) is 0.263. The molecule has 0 aliphatic carbocycles. The molecule has 0 saturated carbocycles. The number of aliphatic imine (C=N–C) groups is 1. The summed E-state index contributed by atoms with van der Waals surface area (Å²) in [4.78, 5) is 56.4. The molecule has 46 heavy (non-hydrogen) atoms. The molecule has 1 aliphatic rings. The van der Waals surface area contributed by atoms with Gasteiger partial charge in [-0.05, 0) is 94.0 Å². The van der Waals surface area contributed by atoms with Crippen LogP contribution in [0.4, 0.5) is 16.2 Å². The van der Waals surface area contributed by atoms with E-state index in [4.69, 9.17) is 4.99 Å². The summed E-state index contributed by atoms with van der Waals surface area (Å²) in [5.41, 5.74) is 5.73. The minimum Gasteiger partial charge on any atom is -0.323 e. The Hall–Kier alpha value is -3.95. The first-order valence-electron chi connectivity index (χ1n) is 16.2. The second-order valence-corrected chi connectivity index (χ2v) is 11.1. The SMILES string of the molecule is CC.CC(C)C1=Nc2cc(-c3ccc(C=O)c(N(C)C(=O)N(C)CC=O)c3)ccc2C=C(C=O)C1.CCCN(C)CCC.CNC. The molecule has 2 aromatic rings. The molecule has 0 radical (unpaired) electrons. The highest BCUT2D eigenvalue weighted by Crippen LogP contribution is 2.34. The molecule has 2 aromatic carbocycles. The van der Waals surface area contributed by atoms with Crippen LogP contribution in [0.15, 0.2) is 47.0 Å². The first kappa shape index (κ1) is 42.0. The number of aldehydes is 3. The van der Waals surface area contributed by atoms with Crippen molar-refractivity contribution in [2.45, 2.75) is 60.8 Å². The van der Waals surface area contributed by atoms with Crippen LogP contribution in [0.25, 0.3) is 17.2 Å². The monoisotopic (exact) mass is 635 g/mol. The third kappa shape index (κ3) is 13.6. The van der Waals surface area contributed by atoms with Crippen LogP contribution in [0.1, 0.15) is 76.7 Å². The van der Waals surface area contributed by atoms with Crippen LogP contribution in [0.2, 0.25) is 0 Å². The molecule has 1 heterocycles.